The molecule has 2 aromatic carbocycles. The Balaban J connectivity index is 1.78. The molecule has 0 aliphatic heterocycles. The van der Waals surface area contributed by atoms with E-state index in [0.717, 1.165) is 11.3 Å². The van der Waals surface area contributed by atoms with Gasteiger partial charge in [0.25, 0.3) is 5.91 Å². The van der Waals surface area contributed by atoms with Crippen LogP contribution in [0.4, 0.5) is 4.39 Å². The van der Waals surface area contributed by atoms with Crippen LogP contribution in [0.3, 0.4) is 0 Å². The molecule has 0 fully saturated rings. The van der Waals surface area contributed by atoms with Crippen LogP contribution in [-0.4, -0.2) is 15.5 Å². The van der Waals surface area contributed by atoms with Crippen molar-refractivity contribution in [1.82, 2.24) is 14.9 Å². The highest BCUT2D eigenvalue weighted by Gasteiger charge is 2.11. The molecule has 0 radical (unpaired) electrons. The van der Waals surface area contributed by atoms with E-state index in [4.69, 9.17) is 0 Å². The zero-order valence-corrected chi connectivity index (χ0v) is 11.7. The van der Waals surface area contributed by atoms with E-state index in [0.29, 0.717) is 6.54 Å². The molecule has 0 bridgehead atoms. The lowest BCUT2D eigenvalue weighted by Gasteiger charge is -2.11. The summed E-state index contributed by atoms with van der Waals surface area (Å²) in [7, 11) is 0. The Bertz CT molecular complexity index is 784. The minimum atomic E-state index is -0.525. The number of nitrogens with zero attached hydrogens (tertiary/aromatic N) is 2. The van der Waals surface area contributed by atoms with Crippen LogP contribution in [0, 0.1) is 5.82 Å². The molecule has 1 amide bonds. The Morgan fingerprint density at radius 2 is 1.91 bits per heavy atom. The number of benzene rings is 2. The maximum absolute atomic E-state index is 13.6. The first-order valence-electron chi connectivity index (χ1n) is 6.84. The standard InChI is InChI=1S/C17H14FN3O/c18-15-7-3-2-6-14(15)17(22)20-11-13-5-1-4-8-16(13)21-10-9-19-12-21/h1-10,12H,11H2,(H,20,22). The third-order valence-electron chi connectivity index (χ3n) is 3.33. The quantitative estimate of drug-likeness (QED) is 0.804. The topological polar surface area (TPSA) is 46.9 Å². The van der Waals surface area contributed by atoms with Crippen LogP contribution in [0.2, 0.25) is 0 Å². The number of halogens is 1. The fourth-order valence-electron chi connectivity index (χ4n) is 2.23. The van der Waals surface area contributed by atoms with Crippen LogP contribution in [0.5, 0.6) is 0 Å². The number of rotatable bonds is 4. The summed E-state index contributed by atoms with van der Waals surface area (Å²) in [5.41, 5.74) is 1.89. The highest BCUT2D eigenvalue weighted by Crippen LogP contribution is 2.14. The summed E-state index contributed by atoms with van der Waals surface area (Å²) in [6.45, 7) is 0.307. The summed E-state index contributed by atoms with van der Waals surface area (Å²) in [4.78, 5) is 16.1. The second-order valence-electron chi connectivity index (χ2n) is 4.76. The number of hydrogen-bond donors (Lipinski definition) is 1. The van der Waals surface area contributed by atoms with Crippen molar-refractivity contribution in [1.29, 1.82) is 0 Å². The van der Waals surface area contributed by atoms with Crippen molar-refractivity contribution in [2.45, 2.75) is 6.54 Å². The summed E-state index contributed by atoms with van der Waals surface area (Å²) in [6.07, 6.45) is 5.21. The van der Waals surface area contributed by atoms with Crippen molar-refractivity contribution in [3.63, 3.8) is 0 Å². The van der Waals surface area contributed by atoms with Gasteiger partial charge in [0.15, 0.2) is 0 Å². The Morgan fingerprint density at radius 1 is 1.14 bits per heavy atom. The fraction of sp³-hybridized carbons (Fsp3) is 0.0588. The van der Waals surface area contributed by atoms with Gasteiger partial charge in [0.2, 0.25) is 0 Å². The van der Waals surface area contributed by atoms with Gasteiger partial charge in [0.1, 0.15) is 5.82 Å². The Kier molecular flexibility index (Phi) is 3.96. The predicted molar refractivity (Wildman–Crippen MR) is 81.1 cm³/mol. The van der Waals surface area contributed by atoms with E-state index in [9.17, 15) is 9.18 Å². The number of hydrogen-bond acceptors (Lipinski definition) is 2. The first-order chi connectivity index (χ1) is 10.8. The van der Waals surface area contributed by atoms with E-state index in [1.54, 1.807) is 24.7 Å². The fourth-order valence-corrected chi connectivity index (χ4v) is 2.23. The summed E-state index contributed by atoms with van der Waals surface area (Å²) in [5, 5.41) is 2.75. The van der Waals surface area contributed by atoms with Gasteiger partial charge < -0.3 is 9.88 Å². The molecule has 1 N–H and O–H groups in total. The van der Waals surface area contributed by atoms with Gasteiger partial charge >= 0.3 is 0 Å². The molecule has 0 spiro atoms. The highest BCUT2D eigenvalue weighted by molar-refractivity contribution is 5.94. The number of amides is 1. The molecule has 0 aliphatic carbocycles. The number of para-hydroxylation sites is 1. The zero-order chi connectivity index (χ0) is 15.4. The van der Waals surface area contributed by atoms with Crippen molar-refractivity contribution in [3.05, 3.63) is 84.2 Å². The summed E-state index contributed by atoms with van der Waals surface area (Å²) in [6, 6.07) is 13.6. The zero-order valence-electron chi connectivity index (χ0n) is 11.7. The Labute approximate surface area is 127 Å². The van der Waals surface area contributed by atoms with Crippen molar-refractivity contribution < 1.29 is 9.18 Å². The van der Waals surface area contributed by atoms with Gasteiger partial charge in [-0.2, -0.15) is 0 Å². The van der Waals surface area contributed by atoms with Gasteiger partial charge in [0, 0.05) is 18.9 Å². The number of imidazole rings is 1. The molecule has 0 saturated carbocycles. The maximum atomic E-state index is 13.6. The molecule has 3 aromatic rings. The van der Waals surface area contributed by atoms with Crippen LogP contribution < -0.4 is 5.32 Å². The SMILES string of the molecule is O=C(NCc1ccccc1-n1ccnc1)c1ccccc1F. The third-order valence-corrected chi connectivity index (χ3v) is 3.33. The van der Waals surface area contributed by atoms with Crippen molar-refractivity contribution >= 4 is 5.91 Å². The predicted octanol–water partition coefficient (Wildman–Crippen LogP) is 2.94. The molecule has 110 valence electrons. The molecule has 0 aliphatic rings. The lowest BCUT2D eigenvalue weighted by molar-refractivity contribution is 0.0947. The van der Waals surface area contributed by atoms with Crippen molar-refractivity contribution in [2.75, 3.05) is 0 Å². The van der Waals surface area contributed by atoms with Gasteiger partial charge in [0.05, 0.1) is 17.6 Å². The molecule has 1 aromatic heterocycles. The summed E-state index contributed by atoms with van der Waals surface area (Å²) in [5.74, 6) is -0.957. The molecule has 22 heavy (non-hydrogen) atoms. The number of aromatic nitrogens is 2. The molecule has 3 rings (SSSR count). The van der Waals surface area contributed by atoms with E-state index >= 15 is 0 Å². The number of nitrogens with one attached hydrogen (secondary N) is 1. The minimum Gasteiger partial charge on any atom is -0.348 e. The van der Waals surface area contributed by atoms with Crippen LogP contribution in [0.1, 0.15) is 15.9 Å². The smallest absolute Gasteiger partial charge is 0.254 e. The molecular weight excluding hydrogens is 281 g/mol. The average Bonchev–Trinajstić information content (AvgIpc) is 3.07. The largest absolute Gasteiger partial charge is 0.348 e. The highest BCUT2D eigenvalue weighted by atomic mass is 19.1. The van der Waals surface area contributed by atoms with E-state index in [1.807, 2.05) is 35.0 Å². The first kappa shape index (κ1) is 14.0. The summed E-state index contributed by atoms with van der Waals surface area (Å²) >= 11 is 0. The number of carbonyl (C=O) groups is 1. The normalized spacial score (nSPS) is 10.4. The molecule has 4 nitrogen and oxygen atoms in total. The van der Waals surface area contributed by atoms with Crippen molar-refractivity contribution in [3.8, 4) is 5.69 Å². The Hall–Kier alpha value is -2.95. The second kappa shape index (κ2) is 6.22. The second-order valence-corrected chi connectivity index (χ2v) is 4.76. The van der Waals surface area contributed by atoms with Crippen molar-refractivity contribution in [2.24, 2.45) is 0 Å². The Morgan fingerprint density at radius 3 is 2.68 bits per heavy atom. The molecule has 5 heteroatoms. The van der Waals surface area contributed by atoms with Gasteiger partial charge in [-0.15, -0.1) is 0 Å². The van der Waals surface area contributed by atoms with E-state index in [-0.39, 0.29) is 5.56 Å². The lowest BCUT2D eigenvalue weighted by atomic mass is 10.1. The molecule has 0 atom stereocenters. The van der Waals surface area contributed by atoms with Gasteiger partial charge in [-0.3, -0.25) is 4.79 Å². The van der Waals surface area contributed by atoms with Crippen LogP contribution in [-0.2, 0) is 6.54 Å². The van der Waals surface area contributed by atoms with E-state index < -0.39 is 11.7 Å². The number of carbonyl (C=O) groups excluding carboxylic acids is 1. The van der Waals surface area contributed by atoms with Gasteiger partial charge in [-0.05, 0) is 23.8 Å². The van der Waals surface area contributed by atoms with E-state index in [1.165, 1.54) is 12.1 Å². The monoisotopic (exact) mass is 295 g/mol. The molecule has 0 unspecified atom stereocenters. The van der Waals surface area contributed by atoms with Gasteiger partial charge in [-0.25, -0.2) is 9.37 Å². The maximum Gasteiger partial charge on any atom is 0.254 e. The molecular formula is C17H14FN3O. The first-order valence-corrected chi connectivity index (χ1v) is 6.84. The minimum absolute atomic E-state index is 0.0441. The van der Waals surface area contributed by atoms with Crippen LogP contribution >= 0.6 is 0 Å². The third kappa shape index (κ3) is 2.88. The van der Waals surface area contributed by atoms with Crippen LogP contribution in [0.25, 0.3) is 5.69 Å². The lowest BCUT2D eigenvalue weighted by Crippen LogP contribution is -2.24. The van der Waals surface area contributed by atoms with Crippen LogP contribution in [0.15, 0.2) is 67.3 Å². The van der Waals surface area contributed by atoms with E-state index in [2.05, 4.69) is 10.3 Å². The molecule has 0 saturated heterocycles. The molecule has 1 heterocycles. The summed E-state index contributed by atoms with van der Waals surface area (Å²) < 4.78 is 15.5. The average molecular weight is 295 g/mol. The van der Waals surface area contributed by atoms with Gasteiger partial charge in [-0.1, -0.05) is 30.3 Å².